The fourth-order valence-electron chi connectivity index (χ4n) is 4.06. The van der Waals surface area contributed by atoms with Crippen LogP contribution in [0.4, 0.5) is 0 Å². The molecule has 3 nitrogen and oxygen atoms in total. The summed E-state index contributed by atoms with van der Waals surface area (Å²) in [5.41, 5.74) is 0. The van der Waals surface area contributed by atoms with Gasteiger partial charge in [0.25, 0.3) is 0 Å². The molecule has 0 spiro atoms. The Morgan fingerprint density at radius 1 is 0.344 bits per heavy atom. The summed E-state index contributed by atoms with van der Waals surface area (Å²) in [6.45, 7) is 11.6. The molecule has 0 bridgehead atoms. The molecular formula is C28H60O3Sn. The van der Waals surface area contributed by atoms with Gasteiger partial charge in [0, 0.05) is 0 Å². The van der Waals surface area contributed by atoms with Gasteiger partial charge in [0.05, 0.1) is 0 Å². The molecule has 0 aromatic rings. The van der Waals surface area contributed by atoms with Gasteiger partial charge in [0.1, 0.15) is 0 Å². The Balaban J connectivity index is 4.51. The van der Waals surface area contributed by atoms with Crippen molar-refractivity contribution >= 4 is 19.6 Å². The van der Waals surface area contributed by atoms with Crippen molar-refractivity contribution in [3.63, 3.8) is 0 Å². The van der Waals surface area contributed by atoms with E-state index < -0.39 is 19.6 Å². The van der Waals surface area contributed by atoms with Crippen LogP contribution in [0.5, 0.6) is 0 Å². The molecule has 0 amide bonds. The van der Waals surface area contributed by atoms with E-state index in [1.807, 2.05) is 0 Å². The summed E-state index contributed by atoms with van der Waals surface area (Å²) in [7, 11) is 0. The Morgan fingerprint density at radius 2 is 0.625 bits per heavy atom. The predicted octanol–water partition coefficient (Wildman–Crippen LogP) is 9.86. The van der Waals surface area contributed by atoms with Gasteiger partial charge in [0.2, 0.25) is 0 Å². The van der Waals surface area contributed by atoms with E-state index >= 15 is 0 Å². The first kappa shape index (κ1) is 32.7. The first-order valence-corrected chi connectivity index (χ1v) is 20.2. The number of unbranched alkanes of at least 4 members (excludes halogenated alkanes) is 16. The van der Waals surface area contributed by atoms with E-state index in [-0.39, 0.29) is 0 Å². The third-order valence-corrected chi connectivity index (χ3v) is 14.6. The van der Waals surface area contributed by atoms with Crippen LogP contribution in [0.3, 0.4) is 0 Å². The van der Waals surface area contributed by atoms with Crippen molar-refractivity contribution in [2.24, 2.45) is 0 Å². The van der Waals surface area contributed by atoms with Crippen molar-refractivity contribution in [1.82, 2.24) is 0 Å². The summed E-state index contributed by atoms with van der Waals surface area (Å²) in [6.07, 6.45) is 25.8. The summed E-state index contributed by atoms with van der Waals surface area (Å²) >= 11 is -3.43. The van der Waals surface area contributed by atoms with E-state index in [0.717, 1.165) is 43.5 Å². The zero-order valence-electron chi connectivity index (χ0n) is 22.7. The van der Waals surface area contributed by atoms with Gasteiger partial charge in [-0.2, -0.15) is 0 Å². The van der Waals surface area contributed by atoms with Crippen molar-refractivity contribution in [2.75, 3.05) is 19.8 Å². The standard InChI is InChI=1S/3C8H17O.C4H9.Sn/c3*1-2-3-4-5-6-7-8-9;1-3-4-2;/h3*2-8H2,1H3;1,3-4H2,2H3;/q3*-1;;+3. The molecule has 0 fully saturated rings. The summed E-state index contributed by atoms with van der Waals surface area (Å²) < 4.78 is 20.8. The second-order valence-corrected chi connectivity index (χ2v) is 17.4. The molecule has 0 aromatic heterocycles. The van der Waals surface area contributed by atoms with Crippen LogP contribution in [0.25, 0.3) is 0 Å². The molecule has 0 radical (unpaired) electrons. The fourth-order valence-corrected chi connectivity index (χ4v) is 12.2. The Bertz CT molecular complexity index is 306. The Hall–Kier alpha value is 0.679. The van der Waals surface area contributed by atoms with Crippen molar-refractivity contribution in [2.45, 2.75) is 161 Å². The van der Waals surface area contributed by atoms with E-state index in [1.165, 1.54) is 109 Å². The first-order valence-electron chi connectivity index (χ1n) is 14.7. The van der Waals surface area contributed by atoms with Crippen LogP contribution in [0, 0.1) is 0 Å². The van der Waals surface area contributed by atoms with Crippen molar-refractivity contribution in [3.8, 4) is 0 Å². The molecule has 4 heteroatoms. The molecule has 0 aliphatic heterocycles. The van der Waals surface area contributed by atoms with Crippen LogP contribution in [0.2, 0.25) is 4.44 Å². The molecule has 0 N–H and O–H groups in total. The van der Waals surface area contributed by atoms with Crippen LogP contribution in [0.15, 0.2) is 0 Å². The van der Waals surface area contributed by atoms with Crippen LogP contribution in [-0.2, 0) is 9.22 Å². The van der Waals surface area contributed by atoms with Gasteiger partial charge in [-0.25, -0.2) is 0 Å². The van der Waals surface area contributed by atoms with Gasteiger partial charge in [-0.15, -0.1) is 0 Å². The van der Waals surface area contributed by atoms with E-state index in [2.05, 4.69) is 27.7 Å². The number of rotatable bonds is 27. The van der Waals surface area contributed by atoms with Gasteiger partial charge < -0.3 is 0 Å². The average Bonchev–Trinajstić information content (AvgIpc) is 2.81. The molecule has 0 atom stereocenters. The van der Waals surface area contributed by atoms with Gasteiger partial charge in [-0.05, 0) is 0 Å². The molecule has 0 heterocycles. The van der Waals surface area contributed by atoms with Crippen LogP contribution in [0.1, 0.15) is 156 Å². The third-order valence-electron chi connectivity index (χ3n) is 6.30. The van der Waals surface area contributed by atoms with Gasteiger partial charge in [-0.1, -0.05) is 0 Å². The van der Waals surface area contributed by atoms with Crippen molar-refractivity contribution in [1.29, 1.82) is 0 Å². The molecular weight excluding hydrogens is 503 g/mol. The van der Waals surface area contributed by atoms with Gasteiger partial charge in [0.15, 0.2) is 0 Å². The molecule has 0 saturated heterocycles. The summed E-state index contributed by atoms with van der Waals surface area (Å²) in [5.74, 6) is 0. The first-order chi connectivity index (χ1) is 15.7. The summed E-state index contributed by atoms with van der Waals surface area (Å²) in [6, 6.07) is 0. The zero-order chi connectivity index (χ0) is 23.6. The Labute approximate surface area is 208 Å². The maximum atomic E-state index is 6.59. The molecule has 0 rings (SSSR count). The van der Waals surface area contributed by atoms with Crippen molar-refractivity contribution in [3.05, 3.63) is 0 Å². The molecule has 0 aromatic carbocycles. The van der Waals surface area contributed by atoms with E-state index in [9.17, 15) is 0 Å². The van der Waals surface area contributed by atoms with E-state index in [4.69, 9.17) is 9.22 Å². The summed E-state index contributed by atoms with van der Waals surface area (Å²) in [4.78, 5) is 0. The molecule has 0 unspecified atom stereocenters. The van der Waals surface area contributed by atoms with Crippen LogP contribution in [-0.4, -0.2) is 39.4 Å². The minimum atomic E-state index is -3.43. The predicted molar refractivity (Wildman–Crippen MR) is 143 cm³/mol. The monoisotopic (exact) mass is 564 g/mol. The van der Waals surface area contributed by atoms with Crippen LogP contribution >= 0.6 is 0 Å². The second-order valence-electron chi connectivity index (χ2n) is 9.64. The van der Waals surface area contributed by atoms with Crippen molar-refractivity contribution < 1.29 is 9.22 Å². The minimum absolute atomic E-state index is 0.846. The SMILES string of the molecule is CCCCCCCC[O][Sn]([CH2]CCC)([O]CCCCCCCC)[O]CCCCCCCC. The maximum absolute atomic E-state index is 6.59. The van der Waals surface area contributed by atoms with Gasteiger partial charge in [-0.3, -0.25) is 0 Å². The topological polar surface area (TPSA) is 27.7 Å². The van der Waals surface area contributed by atoms with E-state index in [1.54, 1.807) is 0 Å². The Kier molecular flexibility index (Phi) is 26.8. The molecule has 32 heavy (non-hydrogen) atoms. The molecule has 0 aliphatic carbocycles. The number of hydrogen-bond acceptors (Lipinski definition) is 3. The average molecular weight is 563 g/mol. The number of hydrogen-bond donors (Lipinski definition) is 0. The molecule has 0 saturated carbocycles. The molecule has 0 aliphatic rings. The van der Waals surface area contributed by atoms with Gasteiger partial charge >= 0.3 is 209 Å². The Morgan fingerprint density at radius 3 is 0.938 bits per heavy atom. The zero-order valence-corrected chi connectivity index (χ0v) is 25.5. The second kappa shape index (κ2) is 26.3. The fraction of sp³-hybridized carbons (Fsp3) is 1.00. The molecule has 194 valence electrons. The third kappa shape index (κ3) is 21.2. The quantitative estimate of drug-likeness (QED) is 0.0736. The normalized spacial score (nSPS) is 12.0. The van der Waals surface area contributed by atoms with Crippen LogP contribution < -0.4 is 0 Å². The summed E-state index contributed by atoms with van der Waals surface area (Å²) in [5, 5.41) is 0. The van der Waals surface area contributed by atoms with E-state index in [0.29, 0.717) is 0 Å².